The van der Waals surface area contributed by atoms with Crippen molar-refractivity contribution in [3.8, 4) is 5.75 Å². The smallest absolute Gasteiger partial charge is 0.127 e. The monoisotopic (exact) mass is 338 g/mol. The van der Waals surface area contributed by atoms with E-state index in [-0.39, 0.29) is 0 Å². The SMILES string of the molecule is CC(CNCc1cc(Br)cc2c1OCC2)N(C)C1CC1. The molecule has 1 aromatic rings. The van der Waals surface area contributed by atoms with Crippen LogP contribution in [-0.4, -0.2) is 37.2 Å². The Kier molecular flexibility index (Phi) is 4.34. The first-order valence-corrected chi connectivity index (χ1v) is 8.31. The van der Waals surface area contributed by atoms with Crippen LogP contribution in [0.3, 0.4) is 0 Å². The van der Waals surface area contributed by atoms with Crippen LogP contribution < -0.4 is 10.1 Å². The number of rotatable bonds is 6. The van der Waals surface area contributed by atoms with Gasteiger partial charge in [-0.05, 0) is 44.5 Å². The predicted molar refractivity (Wildman–Crippen MR) is 85.3 cm³/mol. The lowest BCUT2D eigenvalue weighted by atomic mass is 10.1. The van der Waals surface area contributed by atoms with E-state index in [1.165, 1.54) is 24.0 Å². The molecular formula is C16H23BrN2O. The van der Waals surface area contributed by atoms with Crippen LogP contribution in [0, 0.1) is 0 Å². The highest BCUT2D eigenvalue weighted by Crippen LogP contribution is 2.33. The minimum atomic E-state index is 0.587. The van der Waals surface area contributed by atoms with Gasteiger partial charge in [0.2, 0.25) is 0 Å². The Morgan fingerprint density at radius 3 is 3.00 bits per heavy atom. The summed E-state index contributed by atoms with van der Waals surface area (Å²) in [5.41, 5.74) is 2.60. The van der Waals surface area contributed by atoms with Crippen molar-refractivity contribution in [2.24, 2.45) is 0 Å². The largest absolute Gasteiger partial charge is 0.493 e. The molecule has 1 aliphatic carbocycles. The zero-order valence-corrected chi connectivity index (χ0v) is 13.9. The molecule has 1 atom stereocenters. The maximum Gasteiger partial charge on any atom is 0.127 e. The lowest BCUT2D eigenvalue weighted by Gasteiger charge is -2.24. The molecule has 0 spiro atoms. The van der Waals surface area contributed by atoms with E-state index < -0.39 is 0 Å². The zero-order valence-electron chi connectivity index (χ0n) is 12.3. The summed E-state index contributed by atoms with van der Waals surface area (Å²) in [6.07, 6.45) is 3.77. The Bertz CT molecular complexity index is 488. The normalized spacial score (nSPS) is 19.0. The molecule has 0 aromatic heterocycles. The number of nitrogens with zero attached hydrogens (tertiary/aromatic N) is 1. The summed E-state index contributed by atoms with van der Waals surface area (Å²) in [5.74, 6) is 1.10. The molecule has 1 N–H and O–H groups in total. The average molecular weight is 339 g/mol. The van der Waals surface area contributed by atoms with Crippen molar-refractivity contribution in [2.75, 3.05) is 20.2 Å². The molecule has 3 rings (SSSR count). The maximum absolute atomic E-state index is 5.77. The summed E-state index contributed by atoms with van der Waals surface area (Å²) in [6, 6.07) is 5.76. The highest BCUT2D eigenvalue weighted by atomic mass is 79.9. The second-order valence-electron chi connectivity index (χ2n) is 6.03. The lowest BCUT2D eigenvalue weighted by Crippen LogP contribution is -2.38. The van der Waals surface area contributed by atoms with Crippen molar-refractivity contribution in [2.45, 2.75) is 44.8 Å². The first kappa shape index (κ1) is 14.4. The van der Waals surface area contributed by atoms with Crippen molar-refractivity contribution < 1.29 is 4.74 Å². The highest BCUT2D eigenvalue weighted by Gasteiger charge is 2.28. The van der Waals surface area contributed by atoms with E-state index in [2.05, 4.69) is 52.3 Å². The Morgan fingerprint density at radius 2 is 2.25 bits per heavy atom. The molecule has 0 saturated heterocycles. The fourth-order valence-corrected chi connectivity index (χ4v) is 3.43. The molecule has 4 heteroatoms. The average Bonchev–Trinajstić information content (AvgIpc) is 3.16. The molecule has 1 heterocycles. The number of benzene rings is 1. The molecule has 1 aliphatic heterocycles. The topological polar surface area (TPSA) is 24.5 Å². The van der Waals surface area contributed by atoms with Gasteiger partial charge in [-0.15, -0.1) is 0 Å². The summed E-state index contributed by atoms with van der Waals surface area (Å²) >= 11 is 3.60. The molecule has 1 saturated carbocycles. The molecule has 0 bridgehead atoms. The quantitative estimate of drug-likeness (QED) is 0.862. The summed E-state index contributed by atoms with van der Waals surface area (Å²) in [5, 5.41) is 3.58. The number of hydrogen-bond acceptors (Lipinski definition) is 3. The van der Waals surface area contributed by atoms with E-state index in [1.807, 2.05) is 0 Å². The lowest BCUT2D eigenvalue weighted by molar-refractivity contribution is 0.240. The number of nitrogens with one attached hydrogen (secondary N) is 1. The number of halogens is 1. The number of ether oxygens (including phenoxy) is 1. The van der Waals surface area contributed by atoms with Crippen LogP contribution >= 0.6 is 15.9 Å². The Balaban J connectivity index is 1.56. The van der Waals surface area contributed by atoms with Gasteiger partial charge < -0.3 is 10.1 Å². The van der Waals surface area contributed by atoms with Crippen LogP contribution in [0.15, 0.2) is 16.6 Å². The molecule has 0 radical (unpaired) electrons. The third-order valence-corrected chi connectivity index (χ3v) is 4.86. The fourth-order valence-electron chi connectivity index (χ4n) is 2.88. The van der Waals surface area contributed by atoms with Gasteiger partial charge in [0.1, 0.15) is 5.75 Å². The third kappa shape index (κ3) is 3.18. The van der Waals surface area contributed by atoms with Crippen molar-refractivity contribution in [1.82, 2.24) is 10.2 Å². The van der Waals surface area contributed by atoms with Crippen LogP contribution in [0.5, 0.6) is 5.75 Å². The number of likely N-dealkylation sites (N-methyl/N-ethyl adjacent to an activating group) is 1. The van der Waals surface area contributed by atoms with Crippen LogP contribution in [0.2, 0.25) is 0 Å². The first-order valence-electron chi connectivity index (χ1n) is 7.52. The van der Waals surface area contributed by atoms with Crippen LogP contribution in [0.4, 0.5) is 0 Å². The molecular weight excluding hydrogens is 316 g/mol. The molecule has 1 unspecified atom stereocenters. The molecule has 1 fully saturated rings. The Labute approximate surface area is 129 Å². The minimum absolute atomic E-state index is 0.587. The zero-order chi connectivity index (χ0) is 14.1. The summed E-state index contributed by atoms with van der Waals surface area (Å²) in [6.45, 7) is 5.02. The van der Waals surface area contributed by atoms with E-state index in [0.717, 1.165) is 42.4 Å². The van der Waals surface area contributed by atoms with Gasteiger partial charge in [0.05, 0.1) is 6.61 Å². The second kappa shape index (κ2) is 6.04. The van der Waals surface area contributed by atoms with Gasteiger partial charge in [-0.3, -0.25) is 4.90 Å². The summed E-state index contributed by atoms with van der Waals surface area (Å²) in [4.78, 5) is 2.49. The molecule has 0 amide bonds. The molecule has 110 valence electrons. The molecule has 3 nitrogen and oxygen atoms in total. The van der Waals surface area contributed by atoms with E-state index in [9.17, 15) is 0 Å². The van der Waals surface area contributed by atoms with Gasteiger partial charge in [0, 0.05) is 41.6 Å². The van der Waals surface area contributed by atoms with Crippen molar-refractivity contribution >= 4 is 15.9 Å². The van der Waals surface area contributed by atoms with Crippen LogP contribution in [0.25, 0.3) is 0 Å². The van der Waals surface area contributed by atoms with E-state index in [4.69, 9.17) is 4.74 Å². The Morgan fingerprint density at radius 1 is 1.45 bits per heavy atom. The van der Waals surface area contributed by atoms with Crippen LogP contribution in [0.1, 0.15) is 30.9 Å². The summed E-state index contributed by atoms with van der Waals surface area (Å²) in [7, 11) is 2.24. The van der Waals surface area contributed by atoms with E-state index >= 15 is 0 Å². The summed E-state index contributed by atoms with van der Waals surface area (Å²) < 4.78 is 6.92. The van der Waals surface area contributed by atoms with Crippen LogP contribution in [-0.2, 0) is 13.0 Å². The Hall–Kier alpha value is -0.580. The second-order valence-corrected chi connectivity index (χ2v) is 6.94. The third-order valence-electron chi connectivity index (χ3n) is 4.40. The van der Waals surface area contributed by atoms with Gasteiger partial charge in [-0.1, -0.05) is 15.9 Å². The van der Waals surface area contributed by atoms with Gasteiger partial charge in [-0.2, -0.15) is 0 Å². The standard InChI is InChI=1S/C16H23BrN2O/c1-11(19(2)15-3-4-15)9-18-10-13-8-14(17)7-12-5-6-20-16(12)13/h7-8,11,15,18H,3-6,9-10H2,1-2H3. The maximum atomic E-state index is 5.77. The molecule has 2 aliphatic rings. The minimum Gasteiger partial charge on any atom is -0.493 e. The first-order chi connectivity index (χ1) is 9.65. The molecule has 1 aromatic carbocycles. The van der Waals surface area contributed by atoms with Gasteiger partial charge in [0.15, 0.2) is 0 Å². The fraction of sp³-hybridized carbons (Fsp3) is 0.625. The van der Waals surface area contributed by atoms with E-state index in [0.29, 0.717) is 6.04 Å². The van der Waals surface area contributed by atoms with Gasteiger partial charge in [-0.25, -0.2) is 0 Å². The number of fused-ring (bicyclic) bond motifs is 1. The van der Waals surface area contributed by atoms with Crippen molar-refractivity contribution in [3.63, 3.8) is 0 Å². The van der Waals surface area contributed by atoms with Gasteiger partial charge in [0.25, 0.3) is 0 Å². The van der Waals surface area contributed by atoms with E-state index in [1.54, 1.807) is 0 Å². The van der Waals surface area contributed by atoms with Crippen molar-refractivity contribution in [3.05, 3.63) is 27.7 Å². The van der Waals surface area contributed by atoms with Gasteiger partial charge >= 0.3 is 0 Å². The van der Waals surface area contributed by atoms with Crippen molar-refractivity contribution in [1.29, 1.82) is 0 Å². The number of hydrogen-bond donors (Lipinski definition) is 1. The molecule has 20 heavy (non-hydrogen) atoms. The predicted octanol–water partition coefficient (Wildman–Crippen LogP) is 2.96. The highest BCUT2D eigenvalue weighted by molar-refractivity contribution is 9.10.